The molecule has 0 fully saturated rings. The highest BCUT2D eigenvalue weighted by Gasteiger charge is 2.45. The molecule has 3 amide bonds. The first-order valence-electron chi connectivity index (χ1n) is 12.0. The van der Waals surface area contributed by atoms with Gasteiger partial charge in [0.2, 0.25) is 5.96 Å². The summed E-state index contributed by atoms with van der Waals surface area (Å²) in [5.74, 6) is -3.08. The first-order chi connectivity index (χ1) is 19.5. The van der Waals surface area contributed by atoms with E-state index >= 15 is 0 Å². The molecule has 0 spiro atoms. The molecule has 2 aromatic carbocycles. The fourth-order valence-corrected chi connectivity index (χ4v) is 4.85. The predicted molar refractivity (Wildman–Crippen MR) is 144 cm³/mol. The van der Waals surface area contributed by atoms with E-state index < -0.39 is 57.2 Å². The molecule has 0 bridgehead atoms. The molecule has 16 heteroatoms. The van der Waals surface area contributed by atoms with Crippen LogP contribution in [0.15, 0.2) is 53.7 Å². The van der Waals surface area contributed by atoms with E-state index in [1.807, 2.05) is 6.07 Å². The molecule has 1 aliphatic heterocycles. The van der Waals surface area contributed by atoms with Gasteiger partial charge in [-0.1, -0.05) is 12.1 Å². The topological polar surface area (TPSA) is 187 Å². The van der Waals surface area contributed by atoms with Crippen molar-refractivity contribution < 1.29 is 40.7 Å². The third kappa shape index (κ3) is 6.52. The van der Waals surface area contributed by atoms with Crippen LogP contribution in [-0.2, 0) is 25.5 Å². The maximum atomic E-state index is 13.5. The molecule has 0 saturated carbocycles. The number of amides is 3. The predicted octanol–water partition coefficient (Wildman–Crippen LogP) is 2.68. The largest absolute Gasteiger partial charge is 0.466 e. The maximum absolute atomic E-state index is 13.5. The van der Waals surface area contributed by atoms with E-state index in [1.54, 1.807) is 0 Å². The highest BCUT2D eigenvalue weighted by atomic mass is 32.2. The minimum Gasteiger partial charge on any atom is -0.466 e. The van der Waals surface area contributed by atoms with E-state index in [-0.39, 0.29) is 40.2 Å². The number of allylic oxidation sites excluding steroid dienone is 1. The van der Waals surface area contributed by atoms with E-state index in [0.29, 0.717) is 4.90 Å². The normalized spacial score (nSPS) is 15.7. The zero-order valence-corrected chi connectivity index (χ0v) is 23.3. The van der Waals surface area contributed by atoms with Gasteiger partial charge < -0.3 is 15.8 Å². The number of methoxy groups -OCH3 is 1. The number of primary amides is 1. The SMILES string of the molecule is COC(=O)C1=C(C)N(c2cccc(C(F)(F)F)c2)C(=N)N(C(N)=O)[C@@H]1c1ccc(C#N)cc1C(=O)NCCS(C)(=O)=O. The standard InChI is InChI=1S/C26H25F3N6O6S/c1-14-20(23(37)41-2)21(18-8-7-15(13-30)11-19(18)22(36)33-9-10-42(3,39)40)35(25(32)38)24(31)34(14)17-6-4-5-16(12-17)26(27,28)29/h4-8,11-12,21,31H,9-10H2,1-3H3,(H2,32,38)(H,33,36)/t21-/m1/s1. The second kappa shape index (κ2) is 11.9. The van der Waals surface area contributed by atoms with Gasteiger partial charge in [0.05, 0.1) is 35.6 Å². The number of hydrogen-bond donors (Lipinski definition) is 3. The molecule has 0 radical (unpaired) electrons. The van der Waals surface area contributed by atoms with Crippen LogP contribution in [0.5, 0.6) is 0 Å². The number of sulfone groups is 1. The van der Waals surface area contributed by atoms with Crippen molar-refractivity contribution in [1.82, 2.24) is 10.2 Å². The highest BCUT2D eigenvalue weighted by Crippen LogP contribution is 2.42. The molecular formula is C26H25F3N6O6S. The number of esters is 1. The first-order valence-corrected chi connectivity index (χ1v) is 14.0. The Kier molecular flexibility index (Phi) is 8.96. The van der Waals surface area contributed by atoms with Crippen LogP contribution in [0.25, 0.3) is 0 Å². The number of nitriles is 1. The molecule has 0 saturated heterocycles. The van der Waals surface area contributed by atoms with Gasteiger partial charge in [-0.25, -0.2) is 18.0 Å². The van der Waals surface area contributed by atoms with Crippen molar-refractivity contribution in [3.05, 3.63) is 76.0 Å². The monoisotopic (exact) mass is 606 g/mol. The minimum atomic E-state index is -4.75. The van der Waals surface area contributed by atoms with E-state index in [1.165, 1.54) is 25.1 Å². The van der Waals surface area contributed by atoms with Crippen molar-refractivity contribution in [1.29, 1.82) is 10.7 Å². The number of carbonyl (C=O) groups is 3. The van der Waals surface area contributed by atoms with E-state index in [9.17, 15) is 41.2 Å². The van der Waals surface area contributed by atoms with E-state index in [2.05, 4.69) is 5.32 Å². The van der Waals surface area contributed by atoms with Crippen LogP contribution in [0.2, 0.25) is 0 Å². The Bertz CT molecular complexity index is 1650. The number of halogens is 3. The lowest BCUT2D eigenvalue weighted by atomic mass is 9.88. The molecule has 42 heavy (non-hydrogen) atoms. The molecule has 0 aliphatic carbocycles. The first kappa shape index (κ1) is 31.6. The Labute approximate surface area is 238 Å². The number of guanidine groups is 1. The van der Waals surface area contributed by atoms with Gasteiger partial charge in [-0.05, 0) is 42.8 Å². The fraction of sp³-hybridized carbons (Fsp3) is 0.269. The van der Waals surface area contributed by atoms with Gasteiger partial charge in [0.15, 0.2) is 0 Å². The van der Waals surface area contributed by atoms with Crippen LogP contribution in [0, 0.1) is 16.7 Å². The Balaban J connectivity index is 2.30. The van der Waals surface area contributed by atoms with E-state index in [0.717, 1.165) is 42.5 Å². The number of urea groups is 1. The summed E-state index contributed by atoms with van der Waals surface area (Å²) < 4.78 is 68.4. The number of carbonyl (C=O) groups excluding carboxylic acids is 3. The molecule has 4 N–H and O–H groups in total. The Morgan fingerprint density at radius 3 is 2.40 bits per heavy atom. The summed E-state index contributed by atoms with van der Waals surface area (Å²) in [5.41, 5.74) is 3.52. The van der Waals surface area contributed by atoms with Gasteiger partial charge in [-0.3, -0.25) is 20.0 Å². The zero-order valence-electron chi connectivity index (χ0n) is 22.4. The Morgan fingerprint density at radius 2 is 1.86 bits per heavy atom. The molecule has 12 nitrogen and oxygen atoms in total. The van der Waals surface area contributed by atoms with Gasteiger partial charge in [0.1, 0.15) is 15.9 Å². The van der Waals surface area contributed by atoms with Crippen LogP contribution in [0.4, 0.5) is 23.7 Å². The average molecular weight is 607 g/mol. The number of nitrogens with zero attached hydrogens (tertiary/aromatic N) is 3. The van der Waals surface area contributed by atoms with Gasteiger partial charge in [-0.2, -0.15) is 18.4 Å². The van der Waals surface area contributed by atoms with Crippen molar-refractivity contribution in [2.24, 2.45) is 5.73 Å². The van der Waals surface area contributed by atoms with Crippen LogP contribution < -0.4 is 16.0 Å². The van der Waals surface area contributed by atoms with Gasteiger partial charge >= 0.3 is 18.2 Å². The summed E-state index contributed by atoms with van der Waals surface area (Å²) >= 11 is 0. The third-order valence-electron chi connectivity index (χ3n) is 6.25. The molecule has 1 aliphatic rings. The number of nitrogens with one attached hydrogen (secondary N) is 2. The molecule has 2 aromatic rings. The van der Waals surface area contributed by atoms with Crippen molar-refractivity contribution in [3.8, 4) is 6.07 Å². The Hall–Kier alpha value is -4.91. The summed E-state index contributed by atoms with van der Waals surface area (Å²) in [6.07, 6.45) is -3.78. The number of alkyl halides is 3. The summed E-state index contributed by atoms with van der Waals surface area (Å²) in [5, 5.41) is 20.6. The lowest BCUT2D eigenvalue weighted by Gasteiger charge is -2.43. The van der Waals surface area contributed by atoms with Crippen molar-refractivity contribution >= 4 is 39.4 Å². The number of nitrogens with two attached hydrogens (primary N) is 1. The molecule has 0 unspecified atom stereocenters. The van der Waals surface area contributed by atoms with Crippen LogP contribution in [-0.4, -0.2) is 62.8 Å². The Morgan fingerprint density at radius 1 is 1.19 bits per heavy atom. The minimum absolute atomic E-state index is 0.00515. The number of anilines is 1. The average Bonchev–Trinajstić information content (AvgIpc) is 2.90. The number of rotatable bonds is 7. The van der Waals surface area contributed by atoms with Gasteiger partial charge in [0.25, 0.3) is 5.91 Å². The third-order valence-corrected chi connectivity index (χ3v) is 7.20. The molecule has 1 heterocycles. The summed E-state index contributed by atoms with van der Waals surface area (Å²) in [6, 6.07) is 6.42. The summed E-state index contributed by atoms with van der Waals surface area (Å²) in [6.45, 7) is 0.998. The van der Waals surface area contributed by atoms with Crippen LogP contribution in [0.1, 0.15) is 40.0 Å². The molecule has 0 aromatic heterocycles. The fourth-order valence-electron chi connectivity index (χ4n) is 4.38. The van der Waals surface area contributed by atoms with Crippen molar-refractivity contribution in [2.45, 2.75) is 19.1 Å². The second-order valence-corrected chi connectivity index (χ2v) is 11.4. The second-order valence-electron chi connectivity index (χ2n) is 9.11. The van der Waals surface area contributed by atoms with Gasteiger partial charge in [0, 0.05) is 29.7 Å². The number of benzene rings is 2. The molecule has 1 atom stereocenters. The smallest absolute Gasteiger partial charge is 0.416 e. The number of hydrogen-bond acceptors (Lipinski definition) is 8. The lowest BCUT2D eigenvalue weighted by Crippen LogP contribution is -2.55. The highest BCUT2D eigenvalue weighted by molar-refractivity contribution is 7.90. The maximum Gasteiger partial charge on any atom is 0.416 e. The van der Waals surface area contributed by atoms with Crippen molar-refractivity contribution in [3.63, 3.8) is 0 Å². The molecule has 222 valence electrons. The van der Waals surface area contributed by atoms with Crippen LogP contribution in [0.3, 0.4) is 0 Å². The molecular weight excluding hydrogens is 581 g/mol. The lowest BCUT2D eigenvalue weighted by molar-refractivity contribution is -0.138. The quantitative estimate of drug-likeness (QED) is 0.401. The van der Waals surface area contributed by atoms with Crippen molar-refractivity contribution in [2.75, 3.05) is 30.6 Å². The zero-order chi connectivity index (χ0) is 31.6. The van der Waals surface area contributed by atoms with E-state index in [4.69, 9.17) is 15.9 Å². The number of ether oxygens (including phenoxy) is 1. The van der Waals surface area contributed by atoms with Crippen LogP contribution >= 0.6 is 0 Å². The van der Waals surface area contributed by atoms with Gasteiger partial charge in [-0.15, -0.1) is 0 Å². The summed E-state index contributed by atoms with van der Waals surface area (Å²) in [7, 11) is -2.44. The summed E-state index contributed by atoms with van der Waals surface area (Å²) in [4.78, 5) is 40.7. The molecule has 3 rings (SSSR count).